The zero-order valence-electron chi connectivity index (χ0n) is 22.4. The monoisotopic (exact) mass is 554 g/mol. The number of hydrogen-bond donors (Lipinski definition) is 1. The fourth-order valence-corrected chi connectivity index (χ4v) is 6.53. The van der Waals surface area contributed by atoms with Crippen molar-refractivity contribution < 1.29 is 9.53 Å². The van der Waals surface area contributed by atoms with Crippen molar-refractivity contribution in [1.29, 1.82) is 0 Å². The number of amides is 1. The van der Waals surface area contributed by atoms with Crippen LogP contribution in [0.15, 0.2) is 65.7 Å². The lowest BCUT2D eigenvalue weighted by Crippen LogP contribution is -2.27. The van der Waals surface area contributed by atoms with Crippen molar-refractivity contribution in [3.63, 3.8) is 0 Å². The lowest BCUT2D eigenvalue weighted by Gasteiger charge is -2.33. The van der Waals surface area contributed by atoms with E-state index in [-0.39, 0.29) is 17.9 Å². The molecule has 1 N–H and O–H groups in total. The topological polar surface area (TPSA) is 50.7 Å². The van der Waals surface area contributed by atoms with Crippen LogP contribution in [0.4, 0.5) is 10.7 Å². The minimum Gasteiger partial charge on any atom is -0.480 e. The van der Waals surface area contributed by atoms with Crippen LogP contribution < -0.4 is 10.1 Å². The molecule has 39 heavy (non-hydrogen) atoms. The number of ether oxygens (including phenoxy) is 1. The predicted octanol–water partition coefficient (Wildman–Crippen LogP) is 8.72. The summed E-state index contributed by atoms with van der Waals surface area (Å²) in [6, 6.07) is 19.2. The summed E-state index contributed by atoms with van der Waals surface area (Å²) in [4.78, 5) is 19.9. The Balaban J connectivity index is 1.58. The van der Waals surface area contributed by atoms with E-state index in [9.17, 15) is 4.79 Å². The molecular formula is C33H31ClN2O2S. The minimum absolute atomic E-state index is 0.155. The van der Waals surface area contributed by atoms with Gasteiger partial charge in [-0.2, -0.15) is 0 Å². The Labute approximate surface area is 239 Å². The van der Waals surface area contributed by atoms with Gasteiger partial charge in [0.1, 0.15) is 17.4 Å². The second-order valence-corrected chi connectivity index (χ2v) is 12.4. The van der Waals surface area contributed by atoms with Crippen LogP contribution in [0, 0.1) is 23.7 Å². The molecule has 4 aromatic rings. The summed E-state index contributed by atoms with van der Waals surface area (Å²) in [5.74, 6) is 3.60. The molecule has 0 fully saturated rings. The summed E-state index contributed by atoms with van der Waals surface area (Å²) in [5, 5.41) is 6.47. The zero-order valence-corrected chi connectivity index (χ0v) is 24.0. The normalized spacial score (nSPS) is 15.2. The van der Waals surface area contributed by atoms with Crippen LogP contribution in [-0.2, 0) is 12.8 Å². The molecule has 0 spiro atoms. The van der Waals surface area contributed by atoms with E-state index in [2.05, 4.69) is 38.1 Å². The van der Waals surface area contributed by atoms with Crippen molar-refractivity contribution in [1.82, 2.24) is 0 Å². The van der Waals surface area contributed by atoms with Gasteiger partial charge >= 0.3 is 0 Å². The third-order valence-corrected chi connectivity index (χ3v) is 8.77. The number of nitrogens with one attached hydrogen (secondary N) is 1. The van der Waals surface area contributed by atoms with Crippen LogP contribution in [-0.4, -0.2) is 18.7 Å². The van der Waals surface area contributed by atoms with Crippen molar-refractivity contribution in [2.45, 2.75) is 40.0 Å². The molecule has 6 heteroatoms. The molecule has 0 radical (unpaired) electrons. The maximum Gasteiger partial charge on any atom is 0.259 e. The highest BCUT2D eigenvalue weighted by Gasteiger charge is 2.33. The molecule has 0 unspecified atom stereocenters. The molecule has 4 nitrogen and oxygen atoms in total. The van der Waals surface area contributed by atoms with Gasteiger partial charge < -0.3 is 10.1 Å². The number of thiophene rings is 1. The number of nitrogens with zero attached hydrogens (tertiary/aromatic N) is 1. The minimum atomic E-state index is -0.155. The Kier molecular flexibility index (Phi) is 7.79. The summed E-state index contributed by atoms with van der Waals surface area (Å²) in [7, 11) is 0. The van der Waals surface area contributed by atoms with Gasteiger partial charge in [-0.3, -0.25) is 4.79 Å². The number of carbonyl (C=O) groups is 1. The van der Waals surface area contributed by atoms with E-state index in [4.69, 9.17) is 27.8 Å². The molecule has 1 aromatic heterocycles. The number of halogens is 1. The van der Waals surface area contributed by atoms with E-state index >= 15 is 0 Å². The molecule has 0 saturated heterocycles. The van der Waals surface area contributed by atoms with Gasteiger partial charge in [-0.1, -0.05) is 68.6 Å². The fraction of sp³-hybridized carbons (Fsp3) is 0.273. The van der Waals surface area contributed by atoms with E-state index in [1.165, 1.54) is 4.88 Å². The molecule has 1 heterocycles. The SMILES string of the molecule is C#CCOc1ccc2ccccc2c1C=Nc1sc2c(c1C(=O)Nc1ccc(Cl)cc1)CC[C@H](C(C)(C)C)C2. The second kappa shape index (κ2) is 11.3. The molecule has 1 amide bonds. The van der Waals surface area contributed by atoms with E-state index < -0.39 is 0 Å². The summed E-state index contributed by atoms with van der Waals surface area (Å²) >= 11 is 7.67. The van der Waals surface area contributed by atoms with E-state index in [0.29, 0.717) is 32.9 Å². The average Bonchev–Trinajstić information content (AvgIpc) is 3.29. The highest BCUT2D eigenvalue weighted by molar-refractivity contribution is 7.16. The van der Waals surface area contributed by atoms with Gasteiger partial charge in [0.2, 0.25) is 0 Å². The summed E-state index contributed by atoms with van der Waals surface area (Å²) in [6.07, 6.45) is 10.1. The molecule has 0 aliphatic heterocycles. The second-order valence-electron chi connectivity index (χ2n) is 10.9. The lowest BCUT2D eigenvalue weighted by molar-refractivity contribution is 0.102. The maximum atomic E-state index is 13.7. The summed E-state index contributed by atoms with van der Waals surface area (Å²) < 4.78 is 5.87. The van der Waals surface area contributed by atoms with E-state index in [1.54, 1.807) is 23.5 Å². The Hall–Kier alpha value is -3.59. The van der Waals surface area contributed by atoms with E-state index in [1.807, 2.05) is 48.7 Å². The molecule has 5 rings (SSSR count). The number of benzene rings is 3. The largest absolute Gasteiger partial charge is 0.480 e. The van der Waals surface area contributed by atoms with Gasteiger partial charge in [0.25, 0.3) is 5.91 Å². The molecule has 1 aliphatic rings. The summed E-state index contributed by atoms with van der Waals surface area (Å²) in [6.45, 7) is 7.04. The summed E-state index contributed by atoms with van der Waals surface area (Å²) in [5.41, 5.74) is 3.50. The zero-order chi connectivity index (χ0) is 27.6. The number of carbonyl (C=O) groups excluding carboxylic acids is 1. The molecule has 198 valence electrons. The molecule has 1 atom stereocenters. The van der Waals surface area contributed by atoms with Gasteiger partial charge in [-0.15, -0.1) is 17.8 Å². The van der Waals surface area contributed by atoms with Crippen LogP contribution in [0.3, 0.4) is 0 Å². The van der Waals surface area contributed by atoms with Gasteiger partial charge in [0.15, 0.2) is 0 Å². The number of terminal acetylenes is 1. The number of hydrogen-bond acceptors (Lipinski definition) is 4. The molecular weight excluding hydrogens is 524 g/mol. The number of rotatable bonds is 6. The third-order valence-electron chi connectivity index (χ3n) is 7.35. The Morgan fingerprint density at radius 2 is 1.95 bits per heavy atom. The fourth-order valence-electron chi connectivity index (χ4n) is 5.14. The molecule has 1 aliphatic carbocycles. The van der Waals surface area contributed by atoms with Crippen molar-refractivity contribution in [3.05, 3.63) is 87.3 Å². The van der Waals surface area contributed by atoms with Crippen LogP contribution in [0.2, 0.25) is 5.02 Å². The first-order valence-corrected chi connectivity index (χ1v) is 14.3. The van der Waals surface area contributed by atoms with Gasteiger partial charge in [-0.25, -0.2) is 4.99 Å². The maximum absolute atomic E-state index is 13.7. The molecule has 3 aromatic carbocycles. The number of aliphatic imine (C=N–C) groups is 1. The Morgan fingerprint density at radius 3 is 2.69 bits per heavy atom. The van der Waals surface area contributed by atoms with E-state index in [0.717, 1.165) is 41.2 Å². The Morgan fingerprint density at radius 1 is 1.18 bits per heavy atom. The first-order valence-electron chi connectivity index (χ1n) is 13.1. The standard InChI is InChI=1S/C33H31ClN2O2S/c1-5-18-38-28-17-10-21-8-6-7-9-25(21)27(28)20-35-32-30(31(37)36-24-14-12-23(34)13-15-24)26-16-11-22(33(2,3)4)19-29(26)39-32/h1,6-10,12-15,17,20,22H,11,16,18-19H2,2-4H3,(H,36,37)/t22-/m0/s1. The molecule has 0 bridgehead atoms. The van der Waals surface area contributed by atoms with Gasteiger partial charge in [0, 0.05) is 27.4 Å². The quantitative estimate of drug-likeness (QED) is 0.191. The van der Waals surface area contributed by atoms with Crippen LogP contribution in [0.1, 0.15) is 53.6 Å². The number of anilines is 1. The highest BCUT2D eigenvalue weighted by atomic mass is 35.5. The Bertz CT molecular complexity index is 1590. The first kappa shape index (κ1) is 27.0. The smallest absolute Gasteiger partial charge is 0.259 e. The predicted molar refractivity (Wildman–Crippen MR) is 164 cm³/mol. The van der Waals surface area contributed by atoms with Gasteiger partial charge in [-0.05, 0) is 77.3 Å². The highest BCUT2D eigenvalue weighted by Crippen LogP contribution is 2.45. The number of fused-ring (bicyclic) bond motifs is 2. The van der Waals surface area contributed by atoms with Crippen molar-refractivity contribution >= 4 is 56.5 Å². The van der Waals surface area contributed by atoms with Crippen molar-refractivity contribution in [2.24, 2.45) is 16.3 Å². The van der Waals surface area contributed by atoms with Crippen molar-refractivity contribution in [2.75, 3.05) is 11.9 Å². The first-order chi connectivity index (χ1) is 18.7. The van der Waals surface area contributed by atoms with Crippen LogP contribution in [0.25, 0.3) is 10.8 Å². The molecule has 0 saturated carbocycles. The third kappa shape index (κ3) is 5.88. The lowest BCUT2D eigenvalue weighted by atomic mass is 9.72. The van der Waals surface area contributed by atoms with Crippen molar-refractivity contribution in [3.8, 4) is 18.1 Å². The average molecular weight is 555 g/mol. The van der Waals surface area contributed by atoms with Crippen LogP contribution >= 0.6 is 22.9 Å². The van der Waals surface area contributed by atoms with Gasteiger partial charge in [0.05, 0.1) is 5.56 Å². The van der Waals surface area contributed by atoms with Crippen LogP contribution in [0.5, 0.6) is 5.75 Å².